The summed E-state index contributed by atoms with van der Waals surface area (Å²) in [6.07, 6.45) is 2.99. The molecule has 1 saturated heterocycles. The number of benzene rings is 2. The highest BCUT2D eigenvalue weighted by Crippen LogP contribution is 2.23. The molecule has 3 aromatic rings. The Morgan fingerprint density at radius 1 is 1.03 bits per heavy atom. The minimum atomic E-state index is -3.63. The second kappa shape index (κ2) is 8.75. The number of hydrogen-bond acceptors (Lipinski definition) is 6. The van der Waals surface area contributed by atoms with Crippen LogP contribution in [0.4, 0.5) is 5.69 Å². The first-order valence-corrected chi connectivity index (χ1v) is 11.8. The number of aryl methyl sites for hydroxylation is 2. The highest BCUT2D eigenvalue weighted by molar-refractivity contribution is 7.89. The van der Waals surface area contributed by atoms with Crippen LogP contribution in [0.5, 0.6) is 0 Å². The molecule has 2 aromatic carbocycles. The van der Waals surface area contributed by atoms with Gasteiger partial charge in [0.2, 0.25) is 10.0 Å². The zero-order chi connectivity index (χ0) is 23.8. The van der Waals surface area contributed by atoms with E-state index in [-0.39, 0.29) is 42.7 Å². The van der Waals surface area contributed by atoms with Crippen molar-refractivity contribution in [3.63, 3.8) is 0 Å². The molecule has 0 bridgehead atoms. The van der Waals surface area contributed by atoms with Gasteiger partial charge in [-0.05, 0) is 37.6 Å². The molecule has 1 fully saturated rings. The Kier molecular flexibility index (Phi) is 6.00. The van der Waals surface area contributed by atoms with Crippen molar-refractivity contribution in [2.45, 2.75) is 18.7 Å². The molecule has 11 heteroatoms. The van der Waals surface area contributed by atoms with Crippen LogP contribution in [0.1, 0.15) is 21.5 Å². The highest BCUT2D eigenvalue weighted by Gasteiger charge is 2.31. The number of aromatic nitrogens is 2. The van der Waals surface area contributed by atoms with Crippen LogP contribution in [0.2, 0.25) is 0 Å². The Labute approximate surface area is 191 Å². The molecule has 172 valence electrons. The largest absolute Gasteiger partial charge is 0.336 e. The lowest BCUT2D eigenvalue weighted by atomic mass is 10.2. The summed E-state index contributed by atoms with van der Waals surface area (Å²) in [7, 11) is -3.63. The number of nitro groups is 1. The zero-order valence-corrected chi connectivity index (χ0v) is 19.0. The molecular formula is C22H23N5O5S. The number of carbonyl (C=O) groups is 1. The van der Waals surface area contributed by atoms with Gasteiger partial charge in [-0.15, -0.1) is 0 Å². The van der Waals surface area contributed by atoms with Crippen molar-refractivity contribution in [1.29, 1.82) is 0 Å². The van der Waals surface area contributed by atoms with Crippen LogP contribution in [0.3, 0.4) is 0 Å². The van der Waals surface area contributed by atoms with Gasteiger partial charge in [0, 0.05) is 44.5 Å². The molecule has 33 heavy (non-hydrogen) atoms. The summed E-state index contributed by atoms with van der Waals surface area (Å²) in [4.78, 5) is 25.1. The standard InChI is InChI=1S/C22H23N5O5S/c1-16-3-8-21(17(2)13-16)33(31,32)25-11-9-24(10-12-25)22(28)18-14-23-26(15-18)19-4-6-20(7-5-19)27(29)30/h3-8,13-15H,9-12H2,1-2H3. The molecule has 0 N–H and O–H groups in total. The number of carbonyl (C=O) groups excluding carboxylic acids is 1. The molecule has 0 radical (unpaired) electrons. The van der Waals surface area contributed by atoms with Gasteiger partial charge in [-0.2, -0.15) is 9.40 Å². The van der Waals surface area contributed by atoms with E-state index in [0.717, 1.165) is 5.56 Å². The van der Waals surface area contributed by atoms with Crippen LogP contribution >= 0.6 is 0 Å². The lowest BCUT2D eigenvalue weighted by molar-refractivity contribution is -0.384. The lowest BCUT2D eigenvalue weighted by Crippen LogP contribution is -2.50. The maximum Gasteiger partial charge on any atom is 0.269 e. The van der Waals surface area contributed by atoms with E-state index < -0.39 is 14.9 Å². The minimum absolute atomic E-state index is 0.0316. The number of rotatable bonds is 5. The fourth-order valence-electron chi connectivity index (χ4n) is 3.84. The van der Waals surface area contributed by atoms with Gasteiger partial charge in [-0.3, -0.25) is 14.9 Å². The number of nitro benzene ring substituents is 1. The van der Waals surface area contributed by atoms with E-state index in [2.05, 4.69) is 5.10 Å². The number of hydrogen-bond donors (Lipinski definition) is 0. The maximum absolute atomic E-state index is 13.1. The monoisotopic (exact) mass is 469 g/mol. The topological polar surface area (TPSA) is 119 Å². The zero-order valence-electron chi connectivity index (χ0n) is 18.2. The van der Waals surface area contributed by atoms with Gasteiger partial charge >= 0.3 is 0 Å². The summed E-state index contributed by atoms with van der Waals surface area (Å²) in [6, 6.07) is 11.1. The summed E-state index contributed by atoms with van der Waals surface area (Å²) < 4.78 is 29.0. The first kappa shape index (κ1) is 22.6. The van der Waals surface area contributed by atoms with Crippen LogP contribution in [-0.4, -0.2) is 64.4 Å². The molecule has 1 aliphatic heterocycles. The van der Waals surface area contributed by atoms with Crippen LogP contribution < -0.4 is 0 Å². The Morgan fingerprint density at radius 3 is 2.30 bits per heavy atom. The Bertz CT molecular complexity index is 1310. The van der Waals surface area contributed by atoms with E-state index in [4.69, 9.17) is 0 Å². The number of piperazine rings is 1. The third-order valence-corrected chi connectivity index (χ3v) is 7.69. The average Bonchev–Trinajstić information content (AvgIpc) is 3.29. The summed E-state index contributed by atoms with van der Waals surface area (Å²) in [6.45, 7) is 4.65. The normalized spacial score (nSPS) is 14.9. The van der Waals surface area contributed by atoms with Crippen molar-refractivity contribution >= 4 is 21.6 Å². The molecule has 1 aliphatic rings. The molecule has 0 spiro atoms. The molecule has 10 nitrogen and oxygen atoms in total. The van der Waals surface area contributed by atoms with Gasteiger partial charge in [-0.25, -0.2) is 13.1 Å². The predicted octanol–water partition coefficient (Wildman–Crippen LogP) is 2.54. The van der Waals surface area contributed by atoms with Gasteiger partial charge in [0.15, 0.2) is 0 Å². The second-order valence-electron chi connectivity index (χ2n) is 7.91. The summed E-state index contributed by atoms with van der Waals surface area (Å²) in [5.74, 6) is -0.244. The molecule has 4 rings (SSSR count). The summed E-state index contributed by atoms with van der Waals surface area (Å²) in [5, 5.41) is 15.0. The third-order valence-electron chi connectivity index (χ3n) is 5.63. The molecular weight excluding hydrogens is 446 g/mol. The summed E-state index contributed by atoms with van der Waals surface area (Å²) in [5.41, 5.74) is 2.61. The molecule has 0 atom stereocenters. The predicted molar refractivity (Wildman–Crippen MR) is 121 cm³/mol. The van der Waals surface area contributed by atoms with Crippen molar-refractivity contribution in [3.05, 3.63) is 81.7 Å². The van der Waals surface area contributed by atoms with Crippen LogP contribution in [0.25, 0.3) is 5.69 Å². The van der Waals surface area contributed by atoms with Crippen molar-refractivity contribution in [1.82, 2.24) is 19.0 Å². The van der Waals surface area contributed by atoms with Gasteiger partial charge < -0.3 is 4.90 Å². The van der Waals surface area contributed by atoms with Gasteiger partial charge in [0.05, 0.1) is 27.3 Å². The number of sulfonamides is 1. The number of non-ortho nitro benzene ring substituents is 1. The van der Waals surface area contributed by atoms with Crippen LogP contribution in [0.15, 0.2) is 59.8 Å². The Hall–Kier alpha value is -3.57. The Balaban J connectivity index is 1.43. The second-order valence-corrected chi connectivity index (χ2v) is 9.82. The molecule has 0 saturated carbocycles. The molecule has 0 aliphatic carbocycles. The first-order valence-electron chi connectivity index (χ1n) is 10.3. The van der Waals surface area contributed by atoms with Gasteiger partial charge in [-0.1, -0.05) is 17.7 Å². The number of amides is 1. The van der Waals surface area contributed by atoms with E-state index >= 15 is 0 Å². The van der Waals surface area contributed by atoms with Crippen LogP contribution in [-0.2, 0) is 10.0 Å². The lowest BCUT2D eigenvalue weighted by Gasteiger charge is -2.34. The van der Waals surface area contributed by atoms with E-state index in [1.807, 2.05) is 13.0 Å². The smallest absolute Gasteiger partial charge is 0.269 e. The van der Waals surface area contributed by atoms with Crippen molar-refractivity contribution in [3.8, 4) is 5.69 Å². The average molecular weight is 470 g/mol. The third kappa shape index (κ3) is 4.50. The van der Waals surface area contributed by atoms with Gasteiger partial charge in [0.1, 0.15) is 0 Å². The number of nitrogens with zero attached hydrogens (tertiary/aromatic N) is 5. The summed E-state index contributed by atoms with van der Waals surface area (Å²) >= 11 is 0. The fraction of sp³-hybridized carbons (Fsp3) is 0.273. The minimum Gasteiger partial charge on any atom is -0.336 e. The molecule has 1 amide bonds. The quantitative estimate of drug-likeness (QED) is 0.419. The first-order chi connectivity index (χ1) is 15.7. The van der Waals surface area contributed by atoms with E-state index in [0.29, 0.717) is 16.8 Å². The van der Waals surface area contributed by atoms with Crippen molar-refractivity contribution in [2.24, 2.45) is 0 Å². The molecule has 2 heterocycles. The fourth-order valence-corrected chi connectivity index (χ4v) is 5.47. The van der Waals surface area contributed by atoms with Crippen molar-refractivity contribution < 1.29 is 18.1 Å². The van der Waals surface area contributed by atoms with Crippen molar-refractivity contribution in [2.75, 3.05) is 26.2 Å². The van der Waals surface area contributed by atoms with Crippen LogP contribution in [0, 0.1) is 24.0 Å². The van der Waals surface area contributed by atoms with E-state index in [1.54, 1.807) is 42.3 Å². The molecule has 1 aromatic heterocycles. The SMILES string of the molecule is Cc1ccc(S(=O)(=O)N2CCN(C(=O)c3cnn(-c4ccc([N+](=O)[O-])cc4)c3)CC2)c(C)c1. The van der Waals surface area contributed by atoms with E-state index in [1.165, 1.54) is 27.3 Å². The van der Waals surface area contributed by atoms with Gasteiger partial charge in [0.25, 0.3) is 11.6 Å². The van der Waals surface area contributed by atoms with E-state index in [9.17, 15) is 23.3 Å². The maximum atomic E-state index is 13.1. The molecule has 0 unspecified atom stereocenters. The highest BCUT2D eigenvalue weighted by atomic mass is 32.2. The Morgan fingerprint density at radius 2 is 1.70 bits per heavy atom.